The third kappa shape index (κ3) is 3.73. The van der Waals surface area contributed by atoms with Crippen LogP contribution in [0.2, 0.25) is 0 Å². The zero-order valence-corrected chi connectivity index (χ0v) is 12.4. The molecule has 1 amide bonds. The fraction of sp³-hybridized carbons (Fsp3) is 0.353. The third-order valence-electron chi connectivity index (χ3n) is 2.90. The van der Waals surface area contributed by atoms with E-state index < -0.39 is 6.10 Å². The van der Waals surface area contributed by atoms with E-state index in [2.05, 4.69) is 11.4 Å². The highest BCUT2D eigenvalue weighted by Gasteiger charge is 2.20. The van der Waals surface area contributed by atoms with Crippen LogP contribution in [0.25, 0.3) is 10.8 Å². The summed E-state index contributed by atoms with van der Waals surface area (Å²) in [6.07, 6.45) is -0.518. The van der Waals surface area contributed by atoms with Gasteiger partial charge >= 0.3 is 0 Å². The highest BCUT2D eigenvalue weighted by molar-refractivity contribution is 5.84. The Morgan fingerprint density at radius 1 is 1.10 bits per heavy atom. The van der Waals surface area contributed by atoms with Gasteiger partial charge in [-0.3, -0.25) is 4.79 Å². The standard InChI is InChI=1S/C17H21NO2/c1-12(16(19)18-17(2,3)4)20-15-10-9-13-7-5-6-8-14(13)11-15/h5-12H,1-4H3,(H,18,19). The van der Waals surface area contributed by atoms with Crippen LogP contribution in [0.1, 0.15) is 27.7 Å². The molecule has 2 aromatic rings. The first-order valence-electron chi connectivity index (χ1n) is 6.83. The Morgan fingerprint density at radius 2 is 1.75 bits per heavy atom. The van der Waals surface area contributed by atoms with E-state index in [0.717, 1.165) is 10.8 Å². The molecule has 0 radical (unpaired) electrons. The van der Waals surface area contributed by atoms with Crippen LogP contribution in [0, 0.1) is 0 Å². The molecule has 20 heavy (non-hydrogen) atoms. The van der Waals surface area contributed by atoms with Crippen molar-refractivity contribution >= 4 is 16.7 Å². The molecule has 0 aromatic heterocycles. The Hall–Kier alpha value is -2.03. The van der Waals surface area contributed by atoms with Crippen LogP contribution in [0.4, 0.5) is 0 Å². The zero-order valence-electron chi connectivity index (χ0n) is 12.4. The summed E-state index contributed by atoms with van der Waals surface area (Å²) >= 11 is 0. The molecule has 0 aliphatic heterocycles. The van der Waals surface area contributed by atoms with Crippen molar-refractivity contribution in [2.45, 2.75) is 39.3 Å². The van der Waals surface area contributed by atoms with Gasteiger partial charge in [0.25, 0.3) is 5.91 Å². The van der Waals surface area contributed by atoms with Crippen LogP contribution in [0.5, 0.6) is 5.75 Å². The maximum Gasteiger partial charge on any atom is 0.261 e. The average molecular weight is 271 g/mol. The van der Waals surface area contributed by atoms with Crippen LogP contribution in [-0.4, -0.2) is 17.6 Å². The molecule has 0 aliphatic carbocycles. The summed E-state index contributed by atoms with van der Waals surface area (Å²) in [6.45, 7) is 7.62. The van der Waals surface area contributed by atoms with Gasteiger partial charge in [-0.2, -0.15) is 0 Å². The van der Waals surface area contributed by atoms with E-state index >= 15 is 0 Å². The number of nitrogens with one attached hydrogen (secondary N) is 1. The molecule has 3 heteroatoms. The minimum absolute atomic E-state index is 0.106. The second-order valence-corrected chi connectivity index (χ2v) is 6.01. The Labute approximate surface area is 119 Å². The van der Waals surface area contributed by atoms with Crippen molar-refractivity contribution in [3.63, 3.8) is 0 Å². The summed E-state index contributed by atoms with van der Waals surface area (Å²) in [5.41, 5.74) is -0.252. The van der Waals surface area contributed by atoms with Crippen molar-refractivity contribution in [3.8, 4) is 5.75 Å². The largest absolute Gasteiger partial charge is 0.481 e. The van der Waals surface area contributed by atoms with Crippen molar-refractivity contribution < 1.29 is 9.53 Å². The fourth-order valence-corrected chi connectivity index (χ4v) is 1.97. The number of amides is 1. The lowest BCUT2D eigenvalue weighted by atomic mass is 10.1. The molecule has 0 saturated heterocycles. The average Bonchev–Trinajstić information content (AvgIpc) is 2.36. The Bertz CT molecular complexity index is 614. The van der Waals surface area contributed by atoms with E-state index in [0.29, 0.717) is 5.75 Å². The Morgan fingerprint density at radius 3 is 2.40 bits per heavy atom. The molecule has 2 rings (SSSR count). The van der Waals surface area contributed by atoms with Crippen molar-refractivity contribution in [2.75, 3.05) is 0 Å². The van der Waals surface area contributed by atoms with Crippen LogP contribution in [0.15, 0.2) is 42.5 Å². The molecule has 0 bridgehead atoms. The number of hydrogen-bond donors (Lipinski definition) is 1. The first kappa shape index (κ1) is 14.4. The van der Waals surface area contributed by atoms with Crippen molar-refractivity contribution in [1.82, 2.24) is 5.32 Å². The van der Waals surface area contributed by atoms with Gasteiger partial charge in [-0.15, -0.1) is 0 Å². The smallest absolute Gasteiger partial charge is 0.261 e. The summed E-state index contributed by atoms with van der Waals surface area (Å²) in [5.74, 6) is 0.603. The van der Waals surface area contributed by atoms with Gasteiger partial charge in [0.1, 0.15) is 5.75 Å². The molecule has 1 N–H and O–H groups in total. The number of benzene rings is 2. The molecule has 0 aliphatic rings. The predicted octanol–water partition coefficient (Wildman–Crippen LogP) is 3.52. The minimum Gasteiger partial charge on any atom is -0.481 e. The molecule has 3 nitrogen and oxygen atoms in total. The molecule has 2 aromatic carbocycles. The van der Waals surface area contributed by atoms with Gasteiger partial charge < -0.3 is 10.1 Å². The van der Waals surface area contributed by atoms with Crippen molar-refractivity contribution in [1.29, 1.82) is 0 Å². The summed E-state index contributed by atoms with van der Waals surface area (Å²) in [7, 11) is 0. The van der Waals surface area contributed by atoms with E-state index in [4.69, 9.17) is 4.74 Å². The van der Waals surface area contributed by atoms with E-state index in [1.165, 1.54) is 0 Å². The molecular formula is C17H21NO2. The number of ether oxygens (including phenoxy) is 1. The molecule has 0 fully saturated rings. The normalized spacial score (nSPS) is 13.0. The molecule has 1 atom stereocenters. The van der Waals surface area contributed by atoms with Gasteiger partial charge in [0, 0.05) is 5.54 Å². The first-order chi connectivity index (χ1) is 9.35. The minimum atomic E-state index is -0.518. The molecular weight excluding hydrogens is 250 g/mol. The highest BCUT2D eigenvalue weighted by Crippen LogP contribution is 2.21. The van der Waals surface area contributed by atoms with Crippen LogP contribution in [0.3, 0.4) is 0 Å². The van der Waals surface area contributed by atoms with Gasteiger partial charge in [0.2, 0.25) is 0 Å². The lowest BCUT2D eigenvalue weighted by Gasteiger charge is -2.23. The Balaban J connectivity index is 2.09. The zero-order chi connectivity index (χ0) is 14.8. The first-order valence-corrected chi connectivity index (χ1v) is 6.83. The maximum atomic E-state index is 12.0. The number of carbonyl (C=O) groups excluding carboxylic acids is 1. The van der Waals surface area contributed by atoms with Crippen LogP contribution < -0.4 is 10.1 Å². The summed E-state index contributed by atoms with van der Waals surface area (Å²) in [4.78, 5) is 12.0. The fourth-order valence-electron chi connectivity index (χ4n) is 1.97. The monoisotopic (exact) mass is 271 g/mol. The van der Waals surface area contributed by atoms with Gasteiger partial charge in [-0.1, -0.05) is 30.3 Å². The van der Waals surface area contributed by atoms with Gasteiger partial charge in [-0.25, -0.2) is 0 Å². The van der Waals surface area contributed by atoms with Crippen LogP contribution in [-0.2, 0) is 4.79 Å². The van der Waals surface area contributed by atoms with Gasteiger partial charge in [0.15, 0.2) is 6.10 Å². The predicted molar refractivity (Wildman–Crippen MR) is 81.9 cm³/mol. The molecule has 0 spiro atoms. The second kappa shape index (κ2) is 5.53. The van der Waals surface area contributed by atoms with Crippen LogP contribution >= 0.6 is 0 Å². The summed E-state index contributed by atoms with van der Waals surface area (Å²) in [5, 5.41) is 5.18. The third-order valence-corrected chi connectivity index (χ3v) is 2.90. The van der Waals surface area contributed by atoms with Crippen molar-refractivity contribution in [3.05, 3.63) is 42.5 Å². The van der Waals surface area contributed by atoms with Gasteiger partial charge in [0.05, 0.1) is 0 Å². The van der Waals surface area contributed by atoms with E-state index in [-0.39, 0.29) is 11.4 Å². The molecule has 0 heterocycles. The van der Waals surface area contributed by atoms with Crippen molar-refractivity contribution in [2.24, 2.45) is 0 Å². The van der Waals surface area contributed by atoms with E-state index in [1.54, 1.807) is 6.92 Å². The topological polar surface area (TPSA) is 38.3 Å². The number of rotatable bonds is 3. The van der Waals surface area contributed by atoms with Gasteiger partial charge in [-0.05, 0) is 50.6 Å². The number of fused-ring (bicyclic) bond motifs is 1. The maximum absolute atomic E-state index is 12.0. The SMILES string of the molecule is CC(Oc1ccc2ccccc2c1)C(=O)NC(C)(C)C. The summed E-state index contributed by atoms with van der Waals surface area (Å²) < 4.78 is 5.72. The second-order valence-electron chi connectivity index (χ2n) is 6.01. The lowest BCUT2D eigenvalue weighted by molar-refractivity contribution is -0.128. The molecule has 0 saturated carbocycles. The Kier molecular flexibility index (Phi) is 3.98. The van der Waals surface area contributed by atoms with E-state index in [9.17, 15) is 4.79 Å². The molecule has 106 valence electrons. The number of hydrogen-bond acceptors (Lipinski definition) is 2. The quantitative estimate of drug-likeness (QED) is 0.927. The summed E-state index contributed by atoms with van der Waals surface area (Å²) in [6, 6.07) is 13.9. The highest BCUT2D eigenvalue weighted by atomic mass is 16.5. The van der Waals surface area contributed by atoms with E-state index in [1.807, 2.05) is 57.2 Å². The molecule has 1 unspecified atom stereocenters. The lowest BCUT2D eigenvalue weighted by Crippen LogP contribution is -2.46. The number of carbonyl (C=O) groups is 1.